The third-order valence-corrected chi connectivity index (χ3v) is 9.47. The Morgan fingerprint density at radius 2 is 1.95 bits per heavy atom. The number of carbonyl (C=O) groups excluding carboxylic acids is 1. The number of rotatable bonds is 13. The van der Waals surface area contributed by atoms with E-state index < -0.39 is 49.8 Å². The number of aliphatic hydroxyl groups is 2. The average molecular weight is 631 g/mol. The van der Waals surface area contributed by atoms with Crippen molar-refractivity contribution in [3.63, 3.8) is 0 Å². The van der Waals surface area contributed by atoms with Gasteiger partial charge < -0.3 is 29.9 Å². The van der Waals surface area contributed by atoms with Gasteiger partial charge in [-0.3, -0.25) is 9.32 Å². The second kappa shape index (κ2) is 13.2. The zero-order valence-electron chi connectivity index (χ0n) is 25.3. The first-order valence-corrected chi connectivity index (χ1v) is 15.9. The smallest absolute Gasteiger partial charge is 0.459 e. The monoisotopic (exact) mass is 630 g/mol. The molecule has 1 aliphatic rings. The quantitative estimate of drug-likeness (QED) is 0.159. The number of ether oxygens (including phenoxy) is 2. The van der Waals surface area contributed by atoms with E-state index in [0.29, 0.717) is 11.3 Å². The molecule has 1 saturated heterocycles. The fourth-order valence-corrected chi connectivity index (χ4v) is 6.54. The maximum Gasteiger partial charge on any atom is 0.459 e. The summed E-state index contributed by atoms with van der Waals surface area (Å²) in [5.74, 6) is 0.161. The minimum absolute atomic E-state index is 0.0921. The average Bonchev–Trinajstić information content (AvgIpc) is 3.49. The minimum Gasteiger partial charge on any atom is -0.464 e. The van der Waals surface area contributed by atoms with Gasteiger partial charge in [0.1, 0.15) is 47.0 Å². The van der Waals surface area contributed by atoms with Crippen LogP contribution in [-0.4, -0.2) is 67.8 Å². The van der Waals surface area contributed by atoms with E-state index in [4.69, 9.17) is 24.3 Å². The van der Waals surface area contributed by atoms with Gasteiger partial charge >= 0.3 is 13.7 Å². The molecule has 2 aromatic heterocycles. The fraction of sp³-hybridized carbons (Fsp3) is 0.517. The van der Waals surface area contributed by atoms with Gasteiger partial charge in [0.2, 0.25) is 5.60 Å². The molecule has 1 fully saturated rings. The number of carbonyl (C=O) groups is 1. The molecule has 6 atom stereocenters. The van der Waals surface area contributed by atoms with E-state index in [1.807, 2.05) is 19.9 Å². The van der Waals surface area contributed by atoms with Crippen LogP contribution in [0.5, 0.6) is 5.75 Å². The van der Waals surface area contributed by atoms with Crippen molar-refractivity contribution in [1.82, 2.24) is 19.7 Å². The second-order valence-corrected chi connectivity index (χ2v) is 12.7. The molecule has 14 nitrogen and oxygen atoms in total. The van der Waals surface area contributed by atoms with E-state index in [1.165, 1.54) is 24.4 Å². The van der Waals surface area contributed by atoms with Gasteiger partial charge in [-0.25, -0.2) is 14.1 Å². The Balaban J connectivity index is 1.59. The third kappa shape index (κ3) is 6.44. The molecule has 15 heteroatoms. The highest BCUT2D eigenvalue weighted by Crippen LogP contribution is 2.50. The number of aryl methyl sites for hydroxylation is 1. The molecule has 1 aromatic carbocycles. The van der Waals surface area contributed by atoms with Crippen LogP contribution >= 0.6 is 7.75 Å². The first kappa shape index (κ1) is 33.3. The SMILES string of the molecule is CCC(CC)COC(=O)[C@H](C)NP(=O)(OC[C@H]1O[C@@](C#N)(c2ccc3c(N)nc(C)nn23)[C@](C)(O)[C@@H]1O)Oc1ccccc1. The van der Waals surface area contributed by atoms with Crippen molar-refractivity contribution >= 4 is 25.1 Å². The molecule has 0 amide bonds. The molecular weight excluding hydrogens is 591 g/mol. The molecule has 0 spiro atoms. The Morgan fingerprint density at radius 3 is 2.59 bits per heavy atom. The van der Waals surface area contributed by atoms with Crippen LogP contribution in [0.4, 0.5) is 5.82 Å². The van der Waals surface area contributed by atoms with Gasteiger partial charge in [-0.2, -0.15) is 15.4 Å². The predicted molar refractivity (Wildman–Crippen MR) is 159 cm³/mol. The van der Waals surface area contributed by atoms with Crippen molar-refractivity contribution in [2.75, 3.05) is 18.9 Å². The number of aromatic nitrogens is 3. The van der Waals surface area contributed by atoms with Gasteiger partial charge in [0.15, 0.2) is 5.82 Å². The van der Waals surface area contributed by atoms with Crippen LogP contribution in [0.25, 0.3) is 5.52 Å². The maximum absolute atomic E-state index is 14.0. The molecule has 0 saturated carbocycles. The molecule has 5 N–H and O–H groups in total. The van der Waals surface area contributed by atoms with Crippen molar-refractivity contribution < 1.29 is 38.1 Å². The zero-order chi connectivity index (χ0) is 32.3. The number of esters is 1. The zero-order valence-corrected chi connectivity index (χ0v) is 26.2. The van der Waals surface area contributed by atoms with Crippen molar-refractivity contribution in [3.8, 4) is 11.8 Å². The van der Waals surface area contributed by atoms with Gasteiger partial charge in [-0.1, -0.05) is 44.9 Å². The van der Waals surface area contributed by atoms with Crippen LogP contribution in [0.15, 0.2) is 42.5 Å². The van der Waals surface area contributed by atoms with Crippen LogP contribution < -0.4 is 15.3 Å². The Morgan fingerprint density at radius 1 is 1.27 bits per heavy atom. The van der Waals surface area contributed by atoms with Crippen LogP contribution in [0.2, 0.25) is 0 Å². The van der Waals surface area contributed by atoms with Crippen molar-refractivity contribution in [2.24, 2.45) is 5.92 Å². The van der Waals surface area contributed by atoms with Gasteiger partial charge in [0, 0.05) is 0 Å². The van der Waals surface area contributed by atoms with E-state index in [0.717, 1.165) is 12.8 Å². The lowest BCUT2D eigenvalue weighted by molar-refractivity contribution is -0.146. The van der Waals surface area contributed by atoms with Gasteiger partial charge in [0.05, 0.1) is 18.9 Å². The maximum atomic E-state index is 14.0. The number of nitrogens with one attached hydrogen (secondary N) is 1. The Labute approximate surface area is 255 Å². The number of para-hydroxylation sites is 1. The number of anilines is 1. The summed E-state index contributed by atoms with van der Waals surface area (Å²) in [6.07, 6.45) is -1.40. The number of nitrogen functional groups attached to an aromatic ring is 1. The summed E-state index contributed by atoms with van der Waals surface area (Å²) in [5.41, 5.74) is 2.15. The van der Waals surface area contributed by atoms with Crippen molar-refractivity contribution in [1.29, 1.82) is 5.26 Å². The number of hydrogen-bond donors (Lipinski definition) is 4. The van der Waals surface area contributed by atoms with Crippen molar-refractivity contribution in [3.05, 3.63) is 54.0 Å². The number of fused-ring (bicyclic) bond motifs is 1. The van der Waals surface area contributed by atoms with E-state index in [9.17, 15) is 24.8 Å². The third-order valence-electron chi connectivity index (χ3n) is 7.83. The molecule has 3 heterocycles. The summed E-state index contributed by atoms with van der Waals surface area (Å²) in [7, 11) is -4.34. The lowest BCUT2D eigenvalue weighted by Crippen LogP contribution is -2.52. The van der Waals surface area contributed by atoms with E-state index >= 15 is 0 Å². The van der Waals surface area contributed by atoms with Gasteiger partial charge in [-0.15, -0.1) is 0 Å². The highest BCUT2D eigenvalue weighted by atomic mass is 31.2. The molecule has 1 aliphatic heterocycles. The summed E-state index contributed by atoms with van der Waals surface area (Å²) in [5, 5.41) is 40.0. The molecule has 238 valence electrons. The van der Waals surface area contributed by atoms with E-state index in [-0.39, 0.29) is 29.8 Å². The summed E-state index contributed by atoms with van der Waals surface area (Å²) < 4.78 is 38.2. The predicted octanol–water partition coefficient (Wildman–Crippen LogP) is 3.01. The lowest BCUT2D eigenvalue weighted by Gasteiger charge is -2.33. The number of benzene rings is 1. The standard InChI is InChI=1S/C29H39N6O8P/c1-6-20(7-2)15-40-27(37)18(3)34-44(39,43-21-11-9-8-10-12-21)41-16-23-25(36)28(5,38)29(17-30,42-23)24-14-13-22-26(31)32-19(4)33-35(22)24/h8-14,18,20,23,25,36,38H,6-7,15-16H2,1-5H3,(H,34,39)(H2,31,32,33)/t18-,23+,25+,28+,29-,44?/m0/s1. The molecule has 0 bridgehead atoms. The number of hydrogen-bond acceptors (Lipinski definition) is 12. The Kier molecular flexibility index (Phi) is 9.99. The number of aliphatic hydroxyl groups excluding tert-OH is 1. The molecule has 44 heavy (non-hydrogen) atoms. The Bertz CT molecular complexity index is 1560. The normalized spacial score (nSPS) is 25.4. The lowest BCUT2D eigenvalue weighted by atomic mass is 9.80. The van der Waals surface area contributed by atoms with Gasteiger partial charge in [-0.05, 0) is 51.0 Å². The summed E-state index contributed by atoms with van der Waals surface area (Å²) >= 11 is 0. The first-order valence-electron chi connectivity index (χ1n) is 14.4. The highest BCUT2D eigenvalue weighted by Gasteiger charge is 2.65. The largest absolute Gasteiger partial charge is 0.464 e. The minimum atomic E-state index is -4.34. The number of nitrogens with zero attached hydrogens (tertiary/aromatic N) is 4. The van der Waals surface area contributed by atoms with Crippen LogP contribution in [0.1, 0.15) is 52.1 Å². The van der Waals surface area contributed by atoms with E-state index in [1.54, 1.807) is 43.3 Å². The summed E-state index contributed by atoms with van der Waals surface area (Å²) in [6, 6.07) is 12.1. The summed E-state index contributed by atoms with van der Waals surface area (Å²) in [6.45, 7) is 7.92. The van der Waals surface area contributed by atoms with Crippen LogP contribution in [0.3, 0.4) is 0 Å². The Hall–Kier alpha value is -3.57. The topological polar surface area (TPSA) is 204 Å². The second-order valence-electron chi connectivity index (χ2n) is 11.0. The van der Waals surface area contributed by atoms with Crippen LogP contribution in [-0.2, 0) is 29.0 Å². The van der Waals surface area contributed by atoms with Crippen LogP contribution in [0, 0.1) is 24.2 Å². The molecule has 3 aromatic rings. The molecule has 0 radical (unpaired) electrons. The summed E-state index contributed by atoms with van der Waals surface area (Å²) in [4.78, 5) is 16.9. The number of nitrogens with two attached hydrogens (primary N) is 1. The van der Waals surface area contributed by atoms with Gasteiger partial charge in [0.25, 0.3) is 0 Å². The molecular formula is C29H39N6O8P. The van der Waals surface area contributed by atoms with E-state index in [2.05, 4.69) is 15.2 Å². The first-order chi connectivity index (χ1) is 20.8. The molecule has 1 unspecified atom stereocenters. The molecule has 4 rings (SSSR count). The number of nitriles is 1. The van der Waals surface area contributed by atoms with Crippen molar-refractivity contribution in [2.45, 2.75) is 76.9 Å². The fourth-order valence-electron chi connectivity index (χ4n) is 5.04. The highest BCUT2D eigenvalue weighted by molar-refractivity contribution is 7.52. The molecule has 0 aliphatic carbocycles.